The summed E-state index contributed by atoms with van der Waals surface area (Å²) in [6, 6.07) is 3.96. The van der Waals surface area contributed by atoms with Crippen LogP contribution < -0.4 is 0 Å². The van der Waals surface area contributed by atoms with Gasteiger partial charge in [-0.25, -0.2) is 4.98 Å². The van der Waals surface area contributed by atoms with Crippen LogP contribution in [0.5, 0.6) is 0 Å². The third kappa shape index (κ3) is 3.99. The predicted molar refractivity (Wildman–Crippen MR) is 119 cm³/mol. The Morgan fingerprint density at radius 1 is 1.40 bits per heavy atom. The average Bonchev–Trinajstić information content (AvgIpc) is 3.31. The first-order valence-corrected chi connectivity index (χ1v) is 11.0. The Bertz CT molecular complexity index is 1050. The highest BCUT2D eigenvalue weighted by Crippen LogP contribution is 2.38. The van der Waals surface area contributed by atoms with E-state index in [2.05, 4.69) is 40.9 Å². The van der Waals surface area contributed by atoms with E-state index in [1.807, 2.05) is 18.3 Å². The molecule has 1 N–H and O–H groups in total. The summed E-state index contributed by atoms with van der Waals surface area (Å²) in [5.41, 5.74) is 3.36. The van der Waals surface area contributed by atoms with Crippen LogP contribution >= 0.6 is 11.3 Å². The molecule has 0 bridgehead atoms. The van der Waals surface area contributed by atoms with Gasteiger partial charge in [0.2, 0.25) is 0 Å². The van der Waals surface area contributed by atoms with Crippen LogP contribution in [0.15, 0.2) is 24.5 Å². The van der Waals surface area contributed by atoms with Gasteiger partial charge in [0.05, 0.1) is 18.9 Å². The number of aromatic nitrogens is 3. The quantitative estimate of drug-likeness (QED) is 0.689. The molecule has 1 amide bonds. The van der Waals surface area contributed by atoms with Gasteiger partial charge in [-0.3, -0.25) is 14.8 Å². The smallest absolute Gasteiger partial charge is 0.263 e. The largest absolute Gasteiger partial charge is 0.371 e. The van der Waals surface area contributed by atoms with E-state index in [1.165, 1.54) is 22.6 Å². The molecule has 0 aromatic carbocycles. The summed E-state index contributed by atoms with van der Waals surface area (Å²) in [5, 5.41) is 8.46. The first-order valence-electron chi connectivity index (χ1n) is 10.2. The average molecular weight is 428 g/mol. The van der Waals surface area contributed by atoms with Gasteiger partial charge >= 0.3 is 0 Å². The predicted octanol–water partition coefficient (Wildman–Crippen LogP) is 3.59. The molecule has 4 heterocycles. The molecule has 0 saturated carbocycles. The number of H-pyrrole nitrogens is 1. The van der Waals surface area contributed by atoms with Crippen molar-refractivity contribution in [3.05, 3.63) is 46.2 Å². The molecule has 1 unspecified atom stereocenters. The van der Waals surface area contributed by atoms with Gasteiger partial charge < -0.3 is 9.64 Å². The van der Waals surface area contributed by atoms with Gasteiger partial charge in [-0.05, 0) is 6.07 Å². The number of carbonyl (C=O) groups is 1. The Morgan fingerprint density at radius 3 is 2.93 bits per heavy atom. The molecule has 7 nitrogen and oxygen atoms in total. The summed E-state index contributed by atoms with van der Waals surface area (Å²) in [5.74, 6) is -0.00132. The highest BCUT2D eigenvalue weighted by Gasteiger charge is 2.31. The number of hydrogen-bond acceptors (Lipinski definition) is 6. The number of fused-ring (bicyclic) bond motifs is 1. The molecular formula is C22H29N5O2S. The van der Waals surface area contributed by atoms with Gasteiger partial charge in [-0.15, -0.1) is 11.3 Å². The molecule has 30 heavy (non-hydrogen) atoms. The molecule has 4 rings (SSSR count). The lowest BCUT2D eigenvalue weighted by atomic mass is 9.89. The number of nitrogens with one attached hydrogen (secondary N) is 1. The van der Waals surface area contributed by atoms with Crippen molar-refractivity contribution < 1.29 is 9.53 Å². The van der Waals surface area contributed by atoms with E-state index < -0.39 is 0 Å². The maximum absolute atomic E-state index is 12.9. The number of ether oxygens (including phenoxy) is 1. The SMILES string of the molecule is CN(C)C(=O)c1sc2ncccc2c1C1CN(Cc2cn[nH]c2C(C)(C)C)CCO1. The zero-order valence-electron chi connectivity index (χ0n) is 18.2. The highest BCUT2D eigenvalue weighted by atomic mass is 32.1. The summed E-state index contributed by atoms with van der Waals surface area (Å²) in [7, 11) is 3.57. The second-order valence-corrected chi connectivity index (χ2v) is 10.0. The minimum absolute atomic E-state index is 0.00132. The molecule has 1 aliphatic heterocycles. The third-order valence-corrected chi connectivity index (χ3v) is 6.56. The number of morpholine rings is 1. The van der Waals surface area contributed by atoms with E-state index in [0.717, 1.165) is 40.3 Å². The van der Waals surface area contributed by atoms with Gasteiger partial charge in [0.1, 0.15) is 9.71 Å². The monoisotopic (exact) mass is 427 g/mol. The maximum Gasteiger partial charge on any atom is 0.263 e. The molecular weight excluding hydrogens is 398 g/mol. The highest BCUT2D eigenvalue weighted by molar-refractivity contribution is 7.20. The van der Waals surface area contributed by atoms with Crippen LogP contribution in [0.3, 0.4) is 0 Å². The van der Waals surface area contributed by atoms with Crippen molar-refractivity contribution in [2.75, 3.05) is 33.8 Å². The van der Waals surface area contributed by atoms with Crippen molar-refractivity contribution in [2.45, 2.75) is 38.8 Å². The van der Waals surface area contributed by atoms with Crippen LogP contribution in [0.1, 0.15) is 53.4 Å². The van der Waals surface area contributed by atoms with E-state index in [9.17, 15) is 4.79 Å². The number of nitrogens with zero attached hydrogens (tertiary/aromatic N) is 4. The molecule has 1 atom stereocenters. The van der Waals surface area contributed by atoms with Crippen LogP contribution in [-0.4, -0.2) is 64.7 Å². The van der Waals surface area contributed by atoms with Crippen LogP contribution in [-0.2, 0) is 16.7 Å². The second-order valence-electron chi connectivity index (χ2n) is 9.02. The van der Waals surface area contributed by atoms with Crippen molar-refractivity contribution in [3.8, 4) is 0 Å². The van der Waals surface area contributed by atoms with Crippen LogP contribution in [0, 0.1) is 0 Å². The molecule has 8 heteroatoms. The first-order chi connectivity index (χ1) is 14.3. The summed E-state index contributed by atoms with van der Waals surface area (Å²) in [6.45, 7) is 9.58. The number of hydrogen-bond donors (Lipinski definition) is 1. The van der Waals surface area contributed by atoms with Crippen molar-refractivity contribution in [1.82, 2.24) is 25.0 Å². The van der Waals surface area contributed by atoms with E-state index in [0.29, 0.717) is 6.61 Å². The summed E-state index contributed by atoms with van der Waals surface area (Å²) in [6.07, 6.45) is 3.53. The summed E-state index contributed by atoms with van der Waals surface area (Å²) < 4.78 is 6.19. The zero-order valence-corrected chi connectivity index (χ0v) is 19.0. The topological polar surface area (TPSA) is 74.4 Å². The number of rotatable bonds is 4. The third-order valence-electron chi connectivity index (χ3n) is 5.44. The van der Waals surface area contributed by atoms with Gasteiger partial charge in [0.15, 0.2) is 0 Å². The molecule has 1 fully saturated rings. The zero-order chi connectivity index (χ0) is 21.5. The Morgan fingerprint density at radius 2 is 2.20 bits per heavy atom. The molecule has 0 spiro atoms. The van der Waals surface area contributed by atoms with Gasteiger partial charge in [0, 0.05) is 67.5 Å². The van der Waals surface area contributed by atoms with E-state index >= 15 is 0 Å². The van der Waals surface area contributed by atoms with Gasteiger partial charge in [0.25, 0.3) is 5.91 Å². The second kappa shape index (κ2) is 8.09. The molecule has 0 aliphatic carbocycles. The lowest BCUT2D eigenvalue weighted by Crippen LogP contribution is -2.38. The van der Waals surface area contributed by atoms with Gasteiger partial charge in [-0.2, -0.15) is 5.10 Å². The first kappa shape index (κ1) is 21.0. The molecule has 1 aliphatic rings. The van der Waals surface area contributed by atoms with E-state index in [4.69, 9.17) is 4.74 Å². The Balaban J connectivity index is 1.64. The van der Waals surface area contributed by atoms with Crippen LogP contribution in [0.2, 0.25) is 0 Å². The summed E-state index contributed by atoms with van der Waals surface area (Å²) >= 11 is 1.45. The molecule has 3 aromatic rings. The van der Waals surface area contributed by atoms with Crippen molar-refractivity contribution >= 4 is 27.5 Å². The number of thiophene rings is 1. The van der Waals surface area contributed by atoms with Crippen molar-refractivity contribution in [3.63, 3.8) is 0 Å². The van der Waals surface area contributed by atoms with Crippen LogP contribution in [0.4, 0.5) is 0 Å². The fraction of sp³-hybridized carbons (Fsp3) is 0.500. The minimum atomic E-state index is -0.166. The Labute approximate surface area is 181 Å². The lowest BCUT2D eigenvalue weighted by Gasteiger charge is -2.34. The fourth-order valence-electron chi connectivity index (χ4n) is 3.97. The molecule has 0 radical (unpaired) electrons. The standard InChI is InChI=1S/C22H29N5O2S/c1-22(2,3)19-14(11-24-25-19)12-27-9-10-29-16(13-27)17-15-7-6-8-23-20(15)30-18(17)21(28)26(4)5/h6-8,11,16H,9-10,12-13H2,1-5H3,(H,24,25). The summed E-state index contributed by atoms with van der Waals surface area (Å²) in [4.78, 5) is 23.0. The van der Waals surface area contributed by atoms with Gasteiger partial charge in [-0.1, -0.05) is 26.8 Å². The molecule has 160 valence electrons. The number of aromatic amines is 1. The van der Waals surface area contributed by atoms with Crippen molar-refractivity contribution in [2.24, 2.45) is 0 Å². The van der Waals surface area contributed by atoms with E-state index in [-0.39, 0.29) is 17.4 Å². The Hall–Kier alpha value is -2.29. The number of pyridine rings is 1. The molecule has 3 aromatic heterocycles. The fourth-order valence-corrected chi connectivity index (χ4v) is 5.19. The normalized spacial score (nSPS) is 18.1. The van der Waals surface area contributed by atoms with Crippen molar-refractivity contribution in [1.29, 1.82) is 0 Å². The lowest BCUT2D eigenvalue weighted by molar-refractivity contribution is -0.0325. The molecule has 1 saturated heterocycles. The van der Waals surface area contributed by atoms with E-state index in [1.54, 1.807) is 25.2 Å². The minimum Gasteiger partial charge on any atom is -0.371 e. The number of carbonyl (C=O) groups excluding carboxylic acids is 1. The van der Waals surface area contributed by atoms with Crippen LogP contribution in [0.25, 0.3) is 10.2 Å². The Kier molecular flexibility index (Phi) is 5.65. The number of amides is 1. The maximum atomic E-state index is 12.9.